The molecule has 0 atom stereocenters. The molecule has 0 unspecified atom stereocenters. The summed E-state index contributed by atoms with van der Waals surface area (Å²) in [5.41, 5.74) is 0.764. The van der Waals surface area contributed by atoms with Gasteiger partial charge in [0.25, 0.3) is 0 Å². The van der Waals surface area contributed by atoms with Crippen LogP contribution in [0.25, 0.3) is 0 Å². The second-order valence-electron chi connectivity index (χ2n) is 10.8. The first-order valence-corrected chi connectivity index (χ1v) is 12.0. The van der Waals surface area contributed by atoms with Gasteiger partial charge in [0.2, 0.25) is 0 Å². The normalized spacial score (nSPS) is 55.4. The van der Waals surface area contributed by atoms with E-state index in [-0.39, 0.29) is 20.4 Å². The van der Waals surface area contributed by atoms with Crippen LogP contribution in [0.1, 0.15) is 64.2 Å². The Morgan fingerprint density at radius 2 is 0.760 bits per heavy atom. The summed E-state index contributed by atoms with van der Waals surface area (Å²) in [6.45, 7) is 0. The summed E-state index contributed by atoms with van der Waals surface area (Å²) >= 11 is 0. The predicted molar refractivity (Wildman–Crippen MR) is 99.4 cm³/mol. The van der Waals surface area contributed by atoms with Gasteiger partial charge < -0.3 is 0 Å². The van der Waals surface area contributed by atoms with Gasteiger partial charge in [-0.05, 0) is 112 Å². The van der Waals surface area contributed by atoms with Gasteiger partial charge in [-0.3, -0.25) is 9.59 Å². The number of hydrogen-bond donors (Lipinski definition) is 0. The summed E-state index contributed by atoms with van der Waals surface area (Å²) in [4.78, 5) is 26.3. The molecular formula is C22H31O2P. The smallest absolute Gasteiger partial charge is 0.162 e. The van der Waals surface area contributed by atoms with E-state index >= 15 is 0 Å². The molecule has 0 spiro atoms. The number of carbonyl (C=O) groups is 2. The van der Waals surface area contributed by atoms with E-state index in [2.05, 4.69) is 0 Å². The van der Waals surface area contributed by atoms with Gasteiger partial charge in [-0.25, -0.2) is 0 Å². The summed E-state index contributed by atoms with van der Waals surface area (Å²) in [6.07, 6.45) is 13.2. The average Bonchev–Trinajstić information content (AvgIpc) is 2.52. The summed E-state index contributed by atoms with van der Waals surface area (Å²) < 4.78 is 0. The Kier molecular flexibility index (Phi) is 3.56. The second-order valence-corrected chi connectivity index (χ2v) is 12.0. The van der Waals surface area contributed by atoms with E-state index in [9.17, 15) is 9.59 Å². The van der Waals surface area contributed by atoms with Crippen molar-refractivity contribution in [1.82, 2.24) is 0 Å². The highest BCUT2D eigenvalue weighted by molar-refractivity contribution is 7.73. The predicted octanol–water partition coefficient (Wildman–Crippen LogP) is 4.86. The highest BCUT2D eigenvalue weighted by atomic mass is 31.1. The summed E-state index contributed by atoms with van der Waals surface area (Å²) in [6, 6.07) is 0. The van der Waals surface area contributed by atoms with E-state index in [0.717, 1.165) is 23.7 Å². The molecule has 8 saturated carbocycles. The Morgan fingerprint density at radius 3 is 1.04 bits per heavy atom. The number of carbonyl (C=O) groups excluding carboxylic acids is 2. The van der Waals surface area contributed by atoms with E-state index < -0.39 is 0 Å². The molecule has 0 saturated heterocycles. The van der Waals surface area contributed by atoms with Crippen LogP contribution in [-0.4, -0.2) is 11.0 Å². The third-order valence-corrected chi connectivity index (χ3v) is 10.5. The van der Waals surface area contributed by atoms with E-state index in [0.29, 0.717) is 34.7 Å². The summed E-state index contributed by atoms with van der Waals surface area (Å²) in [5, 5.41) is 0. The molecule has 0 amide bonds. The van der Waals surface area contributed by atoms with Crippen LogP contribution >= 0.6 is 8.58 Å². The monoisotopic (exact) mass is 358 g/mol. The highest BCUT2D eigenvalue weighted by Crippen LogP contribution is 2.60. The van der Waals surface area contributed by atoms with Gasteiger partial charge >= 0.3 is 0 Å². The van der Waals surface area contributed by atoms with Crippen LogP contribution in [0, 0.1) is 59.2 Å². The Hall–Kier alpha value is -0.230. The van der Waals surface area contributed by atoms with Crippen molar-refractivity contribution in [2.75, 3.05) is 0 Å². The third kappa shape index (κ3) is 2.45. The standard InChI is InChI=1S/C22H31O2P/c23-21(19-15-3-11-1-12(5-15)6-16(19)4-11)25-22(24)20-17-7-13-2-14(9-17)10-18(20)8-13/h11-20,25H,1-10H2. The Balaban J connectivity index is 1.16. The van der Waals surface area contributed by atoms with Crippen LogP contribution in [0.3, 0.4) is 0 Å². The molecule has 8 aliphatic rings. The first kappa shape index (κ1) is 15.8. The molecule has 0 aromatic heterocycles. The van der Waals surface area contributed by atoms with Crippen LogP contribution in [0.2, 0.25) is 0 Å². The lowest BCUT2D eigenvalue weighted by Crippen LogP contribution is -2.49. The molecule has 0 radical (unpaired) electrons. The summed E-state index contributed by atoms with van der Waals surface area (Å²) in [7, 11) is -0.00460. The van der Waals surface area contributed by atoms with Crippen molar-refractivity contribution in [3.05, 3.63) is 0 Å². The van der Waals surface area contributed by atoms with Crippen molar-refractivity contribution in [1.29, 1.82) is 0 Å². The van der Waals surface area contributed by atoms with Gasteiger partial charge in [0, 0.05) is 20.4 Å². The van der Waals surface area contributed by atoms with E-state index in [4.69, 9.17) is 0 Å². The minimum Gasteiger partial charge on any atom is -0.294 e. The van der Waals surface area contributed by atoms with Crippen molar-refractivity contribution in [2.24, 2.45) is 59.2 Å². The van der Waals surface area contributed by atoms with E-state index in [1.165, 1.54) is 64.2 Å². The lowest BCUT2D eigenvalue weighted by molar-refractivity contribution is -0.130. The minimum atomic E-state index is -0.00460. The molecule has 0 heterocycles. The Morgan fingerprint density at radius 1 is 0.480 bits per heavy atom. The Bertz CT molecular complexity index is 503. The molecule has 8 aliphatic carbocycles. The zero-order valence-corrected chi connectivity index (χ0v) is 16.2. The second kappa shape index (κ2) is 5.63. The maximum Gasteiger partial charge on any atom is 0.162 e. The third-order valence-electron chi connectivity index (χ3n) is 9.31. The molecule has 25 heavy (non-hydrogen) atoms. The van der Waals surface area contributed by atoms with E-state index in [1.54, 1.807) is 0 Å². The average molecular weight is 358 g/mol. The minimum absolute atomic E-state index is 0.00460. The lowest BCUT2D eigenvalue weighted by Gasteiger charge is -2.54. The van der Waals surface area contributed by atoms with Crippen molar-refractivity contribution >= 4 is 19.6 Å². The molecule has 136 valence electrons. The van der Waals surface area contributed by atoms with Crippen LogP contribution in [0.4, 0.5) is 0 Å². The molecular weight excluding hydrogens is 327 g/mol. The molecule has 0 aliphatic heterocycles. The van der Waals surface area contributed by atoms with Crippen LogP contribution in [0.15, 0.2) is 0 Å². The fourth-order valence-corrected chi connectivity index (χ4v) is 10.5. The zero-order chi connectivity index (χ0) is 16.7. The molecule has 8 fully saturated rings. The van der Waals surface area contributed by atoms with Crippen LogP contribution in [-0.2, 0) is 9.59 Å². The molecule has 2 nitrogen and oxygen atoms in total. The van der Waals surface area contributed by atoms with E-state index in [1.807, 2.05) is 0 Å². The van der Waals surface area contributed by atoms with Gasteiger partial charge in [0.15, 0.2) is 11.0 Å². The zero-order valence-electron chi connectivity index (χ0n) is 15.2. The first-order chi connectivity index (χ1) is 12.1. The van der Waals surface area contributed by atoms with Gasteiger partial charge in [0.05, 0.1) is 0 Å². The largest absolute Gasteiger partial charge is 0.294 e. The SMILES string of the molecule is O=C(PC(=O)C1C2CC3CC(C2)CC1C3)C1C2CC3CC(C2)CC1C3. The topological polar surface area (TPSA) is 34.1 Å². The Labute approximate surface area is 153 Å². The van der Waals surface area contributed by atoms with Crippen LogP contribution in [0.5, 0.6) is 0 Å². The molecule has 8 rings (SSSR count). The number of hydrogen-bond acceptors (Lipinski definition) is 2. The molecule has 0 N–H and O–H groups in total. The maximum atomic E-state index is 13.2. The fourth-order valence-electron chi connectivity index (χ4n) is 8.99. The molecule has 3 heteroatoms. The van der Waals surface area contributed by atoms with Crippen molar-refractivity contribution < 1.29 is 9.59 Å². The first-order valence-electron chi connectivity index (χ1n) is 11.0. The molecule has 8 bridgehead atoms. The van der Waals surface area contributed by atoms with Crippen molar-refractivity contribution in [2.45, 2.75) is 64.2 Å². The fraction of sp³-hybridized carbons (Fsp3) is 0.909. The molecule has 0 aromatic rings. The summed E-state index contributed by atoms with van der Waals surface area (Å²) in [5.74, 6) is 6.75. The quantitative estimate of drug-likeness (QED) is 0.673. The van der Waals surface area contributed by atoms with Gasteiger partial charge in [-0.1, -0.05) is 0 Å². The maximum absolute atomic E-state index is 13.2. The van der Waals surface area contributed by atoms with Gasteiger partial charge in [0.1, 0.15) is 0 Å². The molecule has 0 aromatic carbocycles. The van der Waals surface area contributed by atoms with Crippen molar-refractivity contribution in [3.63, 3.8) is 0 Å². The highest BCUT2D eigenvalue weighted by Gasteiger charge is 2.53. The van der Waals surface area contributed by atoms with Gasteiger partial charge in [-0.2, -0.15) is 0 Å². The number of rotatable bonds is 4. The van der Waals surface area contributed by atoms with Crippen molar-refractivity contribution in [3.8, 4) is 0 Å². The lowest BCUT2D eigenvalue weighted by atomic mass is 9.52. The van der Waals surface area contributed by atoms with Crippen LogP contribution < -0.4 is 0 Å². The van der Waals surface area contributed by atoms with Gasteiger partial charge in [-0.15, -0.1) is 0 Å².